The van der Waals surface area contributed by atoms with Gasteiger partial charge in [0.2, 0.25) is 0 Å². The van der Waals surface area contributed by atoms with Gasteiger partial charge in [-0.25, -0.2) is 16.8 Å². The van der Waals surface area contributed by atoms with Crippen molar-refractivity contribution in [3.05, 3.63) is 36.4 Å². The van der Waals surface area contributed by atoms with E-state index in [1.165, 1.54) is 24.3 Å². The van der Waals surface area contributed by atoms with Crippen LogP contribution in [-0.2, 0) is 20.2 Å². The van der Waals surface area contributed by atoms with E-state index in [2.05, 4.69) is 0 Å². The molecule has 19 heavy (non-hydrogen) atoms. The third-order valence-corrected chi connectivity index (χ3v) is 4.31. The van der Waals surface area contributed by atoms with E-state index in [9.17, 15) is 25.9 Å². The van der Waals surface area contributed by atoms with Crippen molar-refractivity contribution < 1.29 is 25.9 Å². The third-order valence-electron chi connectivity index (χ3n) is 2.36. The van der Waals surface area contributed by atoms with E-state index in [1.54, 1.807) is 6.07 Å². The molecule has 9 heteroatoms. The van der Waals surface area contributed by atoms with Crippen molar-refractivity contribution in [1.29, 1.82) is 0 Å². The Hall–Kier alpha value is -0.220. The summed E-state index contributed by atoms with van der Waals surface area (Å²) in [6, 6.07) is 7.91. The molecule has 0 N–H and O–H groups in total. The summed E-state index contributed by atoms with van der Waals surface area (Å²) in [7, 11) is -10.1. The van der Waals surface area contributed by atoms with E-state index >= 15 is 0 Å². The van der Waals surface area contributed by atoms with Crippen molar-refractivity contribution >= 4 is 68.7 Å². The largest absolute Gasteiger partial charge is 2.00 e. The SMILES string of the molecule is O=S(=O)([O-])c1ccc2ccccc2c1S(=O)(=O)[O-].[Ca+2]. The molecule has 0 saturated heterocycles. The molecule has 0 aliphatic heterocycles. The zero-order valence-electron chi connectivity index (χ0n) is 9.44. The van der Waals surface area contributed by atoms with Gasteiger partial charge in [-0.15, -0.1) is 0 Å². The summed E-state index contributed by atoms with van der Waals surface area (Å²) in [5.74, 6) is 0. The molecule has 2 aromatic rings. The van der Waals surface area contributed by atoms with Crippen LogP contribution in [0.2, 0.25) is 0 Å². The van der Waals surface area contributed by atoms with Crippen molar-refractivity contribution in [1.82, 2.24) is 0 Å². The summed E-state index contributed by atoms with van der Waals surface area (Å²) in [5, 5.41) is 0.281. The fourth-order valence-electron chi connectivity index (χ4n) is 1.68. The second kappa shape index (κ2) is 5.64. The van der Waals surface area contributed by atoms with E-state index in [4.69, 9.17) is 0 Å². The number of rotatable bonds is 2. The number of fused-ring (bicyclic) bond motifs is 1. The second-order valence-electron chi connectivity index (χ2n) is 3.52. The van der Waals surface area contributed by atoms with Crippen LogP contribution in [0.1, 0.15) is 0 Å². The first-order valence-corrected chi connectivity index (χ1v) is 7.46. The van der Waals surface area contributed by atoms with Gasteiger partial charge in [0.15, 0.2) is 0 Å². The van der Waals surface area contributed by atoms with Crippen LogP contribution < -0.4 is 0 Å². The molecule has 0 aliphatic carbocycles. The summed E-state index contributed by atoms with van der Waals surface area (Å²) >= 11 is 0. The maximum atomic E-state index is 11.2. The monoisotopic (exact) mass is 326 g/mol. The predicted octanol–water partition coefficient (Wildman–Crippen LogP) is 0.267. The molecule has 96 valence electrons. The Morgan fingerprint density at radius 3 is 1.89 bits per heavy atom. The van der Waals surface area contributed by atoms with Crippen LogP contribution in [0.3, 0.4) is 0 Å². The quantitative estimate of drug-likeness (QED) is 0.578. The van der Waals surface area contributed by atoms with Crippen LogP contribution in [0.25, 0.3) is 10.8 Å². The van der Waals surface area contributed by atoms with Crippen molar-refractivity contribution in [2.45, 2.75) is 9.79 Å². The average Bonchev–Trinajstić information content (AvgIpc) is 2.24. The third kappa shape index (κ3) is 3.46. The molecular weight excluding hydrogens is 320 g/mol. The van der Waals surface area contributed by atoms with Gasteiger partial charge in [-0.1, -0.05) is 30.3 Å². The number of benzene rings is 2. The molecule has 2 rings (SSSR count). The fraction of sp³-hybridized carbons (Fsp3) is 0. The zero-order valence-corrected chi connectivity index (χ0v) is 13.3. The molecule has 6 nitrogen and oxygen atoms in total. The fourth-order valence-corrected chi connectivity index (χ4v) is 3.63. The molecule has 0 aliphatic rings. The van der Waals surface area contributed by atoms with Crippen LogP contribution in [-0.4, -0.2) is 63.7 Å². The van der Waals surface area contributed by atoms with E-state index < -0.39 is 30.0 Å². The maximum Gasteiger partial charge on any atom is 2.00 e. The number of hydrogen-bond acceptors (Lipinski definition) is 6. The molecule has 0 radical (unpaired) electrons. The molecule has 0 fully saturated rings. The van der Waals surface area contributed by atoms with Gasteiger partial charge in [0.1, 0.15) is 20.2 Å². The first kappa shape index (κ1) is 16.8. The maximum absolute atomic E-state index is 11.2. The Bertz CT molecular complexity index is 826. The number of hydrogen-bond donors (Lipinski definition) is 0. The average molecular weight is 326 g/mol. The molecule has 0 saturated carbocycles. The van der Waals surface area contributed by atoms with Crippen LogP contribution >= 0.6 is 0 Å². The van der Waals surface area contributed by atoms with Gasteiger partial charge in [0.25, 0.3) is 0 Å². The van der Waals surface area contributed by atoms with Crippen LogP contribution in [0.4, 0.5) is 0 Å². The minimum atomic E-state index is -5.07. The smallest absolute Gasteiger partial charge is 0.744 e. The van der Waals surface area contributed by atoms with Gasteiger partial charge in [0, 0.05) is 5.39 Å². The van der Waals surface area contributed by atoms with Gasteiger partial charge in [-0.3, -0.25) is 0 Å². The molecule has 0 heterocycles. The summed E-state index contributed by atoms with van der Waals surface area (Å²) in [6.07, 6.45) is 0. The molecule has 0 spiro atoms. The van der Waals surface area contributed by atoms with Crippen LogP contribution in [0, 0.1) is 0 Å². The summed E-state index contributed by atoms with van der Waals surface area (Å²) in [6.45, 7) is 0. The normalized spacial score (nSPS) is 12.1. The molecular formula is C10H6CaO6S2. The van der Waals surface area contributed by atoms with Crippen LogP contribution in [0.15, 0.2) is 46.2 Å². The molecule has 0 unspecified atom stereocenters. The molecule has 0 amide bonds. The minimum Gasteiger partial charge on any atom is -0.744 e. The molecule has 0 aromatic heterocycles. The van der Waals surface area contributed by atoms with E-state index in [1.807, 2.05) is 0 Å². The Morgan fingerprint density at radius 1 is 0.789 bits per heavy atom. The van der Waals surface area contributed by atoms with Crippen molar-refractivity contribution in [3.63, 3.8) is 0 Å². The van der Waals surface area contributed by atoms with Gasteiger partial charge in [0.05, 0.1) is 9.79 Å². The van der Waals surface area contributed by atoms with Gasteiger partial charge < -0.3 is 9.11 Å². The van der Waals surface area contributed by atoms with Gasteiger partial charge in [-0.05, 0) is 11.5 Å². The topological polar surface area (TPSA) is 114 Å². The van der Waals surface area contributed by atoms with E-state index in [0.717, 1.165) is 6.07 Å². The standard InChI is InChI=1S/C10H8O6S2.Ca/c11-17(12,13)9-6-5-7-3-1-2-4-8(7)10(9)18(14,15)16;/h1-6H,(H,11,12,13)(H,14,15,16);/q;+2/p-2. The van der Waals surface area contributed by atoms with Gasteiger partial charge >= 0.3 is 37.7 Å². The molecule has 2 aromatic carbocycles. The van der Waals surface area contributed by atoms with Crippen molar-refractivity contribution in [2.75, 3.05) is 0 Å². The zero-order chi connectivity index (χ0) is 13.6. The minimum absolute atomic E-state index is 0. The van der Waals surface area contributed by atoms with Crippen molar-refractivity contribution in [3.8, 4) is 0 Å². The van der Waals surface area contributed by atoms with Gasteiger partial charge in [-0.2, -0.15) is 0 Å². The Kier molecular flexibility index (Phi) is 5.00. The Labute approximate surface area is 139 Å². The molecule has 0 bridgehead atoms. The Balaban J connectivity index is 0.00000180. The first-order valence-electron chi connectivity index (χ1n) is 4.65. The van der Waals surface area contributed by atoms with Crippen molar-refractivity contribution in [2.24, 2.45) is 0 Å². The summed E-state index contributed by atoms with van der Waals surface area (Å²) < 4.78 is 66.4. The predicted molar refractivity (Wildman–Crippen MR) is 65.6 cm³/mol. The van der Waals surface area contributed by atoms with E-state index in [-0.39, 0.29) is 43.1 Å². The van der Waals surface area contributed by atoms with E-state index in [0.29, 0.717) is 5.39 Å². The molecule has 0 atom stereocenters. The second-order valence-corrected chi connectivity index (χ2v) is 6.19. The first-order chi connectivity index (χ1) is 8.21. The summed E-state index contributed by atoms with van der Waals surface area (Å²) in [5.41, 5.74) is 0. The van der Waals surface area contributed by atoms with Crippen LogP contribution in [0.5, 0.6) is 0 Å². The summed E-state index contributed by atoms with van der Waals surface area (Å²) in [4.78, 5) is -2.01. The Morgan fingerprint density at radius 2 is 1.37 bits per heavy atom.